The van der Waals surface area contributed by atoms with Crippen molar-refractivity contribution in [2.75, 3.05) is 25.0 Å². The molecule has 29 heavy (non-hydrogen) atoms. The van der Waals surface area contributed by atoms with Gasteiger partial charge < -0.3 is 15.1 Å². The van der Waals surface area contributed by atoms with Crippen LogP contribution in [0.5, 0.6) is 0 Å². The summed E-state index contributed by atoms with van der Waals surface area (Å²) in [6.07, 6.45) is 1.59. The Balaban J connectivity index is 1.61. The summed E-state index contributed by atoms with van der Waals surface area (Å²) in [7, 11) is 0. The van der Waals surface area contributed by atoms with Crippen molar-refractivity contribution in [1.29, 1.82) is 0 Å². The van der Waals surface area contributed by atoms with Crippen LogP contribution in [0.15, 0.2) is 41.8 Å². The lowest BCUT2D eigenvalue weighted by Crippen LogP contribution is -2.43. The van der Waals surface area contributed by atoms with Crippen LogP contribution in [0.1, 0.15) is 41.9 Å². The molecule has 0 spiro atoms. The molecule has 3 rings (SSSR count). The SMILES string of the molecule is CCN(Cc1cccc(NC(=O)C2CCCN(C(=O)c3cccs3)C2)c1)C(C)=O. The molecule has 1 unspecified atom stereocenters. The van der Waals surface area contributed by atoms with Gasteiger partial charge in [-0.05, 0) is 48.9 Å². The van der Waals surface area contributed by atoms with E-state index in [0.29, 0.717) is 36.7 Å². The fourth-order valence-corrected chi connectivity index (χ4v) is 4.28. The third-order valence-electron chi connectivity index (χ3n) is 5.21. The molecule has 2 heterocycles. The summed E-state index contributed by atoms with van der Waals surface area (Å²) in [5, 5.41) is 4.88. The summed E-state index contributed by atoms with van der Waals surface area (Å²) in [5.74, 6) is -0.256. The Bertz CT molecular complexity index is 866. The molecule has 1 fully saturated rings. The third-order valence-corrected chi connectivity index (χ3v) is 6.06. The number of thiophene rings is 1. The van der Waals surface area contributed by atoms with Crippen LogP contribution in [-0.4, -0.2) is 47.2 Å². The van der Waals surface area contributed by atoms with Gasteiger partial charge in [-0.1, -0.05) is 18.2 Å². The van der Waals surface area contributed by atoms with Crippen LogP contribution >= 0.6 is 11.3 Å². The summed E-state index contributed by atoms with van der Waals surface area (Å²) in [5.41, 5.74) is 1.69. The number of hydrogen-bond donors (Lipinski definition) is 1. The van der Waals surface area contributed by atoms with Gasteiger partial charge in [-0.2, -0.15) is 0 Å². The Hall–Kier alpha value is -2.67. The first kappa shape index (κ1) is 21.0. The van der Waals surface area contributed by atoms with E-state index in [1.165, 1.54) is 11.3 Å². The van der Waals surface area contributed by atoms with Crippen LogP contribution < -0.4 is 5.32 Å². The fraction of sp³-hybridized carbons (Fsp3) is 0.409. The van der Waals surface area contributed by atoms with Gasteiger partial charge in [0.05, 0.1) is 10.8 Å². The number of likely N-dealkylation sites (tertiary alicyclic amines) is 1. The first-order valence-corrected chi connectivity index (χ1v) is 10.8. The highest BCUT2D eigenvalue weighted by molar-refractivity contribution is 7.12. The molecule has 1 aliphatic heterocycles. The highest BCUT2D eigenvalue weighted by atomic mass is 32.1. The first-order valence-electron chi connectivity index (χ1n) is 9.96. The van der Waals surface area contributed by atoms with Gasteiger partial charge in [0.2, 0.25) is 11.8 Å². The van der Waals surface area contributed by atoms with Crippen LogP contribution in [0.2, 0.25) is 0 Å². The minimum Gasteiger partial charge on any atom is -0.339 e. The largest absolute Gasteiger partial charge is 0.339 e. The number of benzene rings is 1. The van der Waals surface area contributed by atoms with E-state index >= 15 is 0 Å². The zero-order chi connectivity index (χ0) is 20.8. The number of carbonyl (C=O) groups is 3. The van der Waals surface area contributed by atoms with Crippen molar-refractivity contribution in [2.45, 2.75) is 33.2 Å². The maximum atomic E-state index is 12.8. The zero-order valence-corrected chi connectivity index (χ0v) is 17.7. The standard InChI is InChI=1S/C22H27N3O3S/c1-3-24(16(2)26)14-17-7-4-9-19(13-17)23-21(27)18-8-5-11-25(15-18)22(28)20-10-6-12-29-20/h4,6-7,9-10,12-13,18H,3,5,8,11,14-15H2,1-2H3,(H,23,27). The summed E-state index contributed by atoms with van der Waals surface area (Å²) in [4.78, 5) is 41.3. The zero-order valence-electron chi connectivity index (χ0n) is 16.9. The molecule has 1 atom stereocenters. The lowest BCUT2D eigenvalue weighted by molar-refractivity contribution is -0.129. The Morgan fingerprint density at radius 3 is 2.76 bits per heavy atom. The maximum Gasteiger partial charge on any atom is 0.263 e. The van der Waals surface area contributed by atoms with Crippen LogP contribution in [0.25, 0.3) is 0 Å². The molecule has 1 aromatic heterocycles. The van der Waals surface area contributed by atoms with E-state index in [1.807, 2.05) is 48.7 Å². The van der Waals surface area contributed by atoms with Crippen molar-refractivity contribution >= 4 is 34.7 Å². The molecule has 3 amide bonds. The van der Waals surface area contributed by atoms with Crippen molar-refractivity contribution < 1.29 is 14.4 Å². The van der Waals surface area contributed by atoms with Gasteiger partial charge in [0.25, 0.3) is 5.91 Å². The summed E-state index contributed by atoms with van der Waals surface area (Å²) < 4.78 is 0. The van der Waals surface area contributed by atoms with E-state index in [2.05, 4.69) is 5.32 Å². The Morgan fingerprint density at radius 2 is 2.07 bits per heavy atom. The quantitative estimate of drug-likeness (QED) is 0.787. The van der Waals surface area contributed by atoms with Gasteiger partial charge in [0.15, 0.2) is 0 Å². The summed E-state index contributed by atoms with van der Waals surface area (Å²) in [6, 6.07) is 11.3. The van der Waals surface area contributed by atoms with Gasteiger partial charge in [-0.3, -0.25) is 14.4 Å². The van der Waals surface area contributed by atoms with Gasteiger partial charge in [-0.25, -0.2) is 0 Å². The smallest absolute Gasteiger partial charge is 0.263 e. The number of carbonyl (C=O) groups excluding carboxylic acids is 3. The molecule has 1 aromatic carbocycles. The first-order chi connectivity index (χ1) is 14.0. The van der Waals surface area contributed by atoms with E-state index in [0.717, 1.165) is 18.4 Å². The topological polar surface area (TPSA) is 69.7 Å². The molecule has 154 valence electrons. The minimum absolute atomic E-state index is 0.00314. The molecule has 0 bridgehead atoms. The van der Waals surface area contributed by atoms with Crippen molar-refractivity contribution in [1.82, 2.24) is 9.80 Å². The summed E-state index contributed by atoms with van der Waals surface area (Å²) in [6.45, 7) is 5.79. The van der Waals surface area contributed by atoms with Crippen molar-refractivity contribution in [3.8, 4) is 0 Å². The molecule has 6 nitrogen and oxygen atoms in total. The number of piperidine rings is 1. The van der Waals surface area contributed by atoms with Crippen LogP contribution in [0.3, 0.4) is 0 Å². The Labute approximate surface area is 175 Å². The normalized spacial score (nSPS) is 16.3. The maximum absolute atomic E-state index is 12.8. The lowest BCUT2D eigenvalue weighted by Gasteiger charge is -2.31. The molecule has 1 aliphatic rings. The molecule has 0 aliphatic carbocycles. The third kappa shape index (κ3) is 5.44. The molecule has 1 saturated heterocycles. The van der Waals surface area contributed by atoms with Crippen molar-refractivity contribution in [2.24, 2.45) is 5.92 Å². The second-order valence-corrected chi connectivity index (χ2v) is 8.24. The number of nitrogens with one attached hydrogen (secondary N) is 1. The highest BCUT2D eigenvalue weighted by Crippen LogP contribution is 2.22. The second kappa shape index (κ2) is 9.69. The molecule has 0 radical (unpaired) electrons. The van der Waals surface area contributed by atoms with Crippen molar-refractivity contribution in [3.05, 3.63) is 52.2 Å². The number of anilines is 1. The fourth-order valence-electron chi connectivity index (χ4n) is 3.59. The Morgan fingerprint density at radius 1 is 1.24 bits per heavy atom. The van der Waals surface area contributed by atoms with E-state index in [4.69, 9.17) is 0 Å². The van der Waals surface area contributed by atoms with Gasteiger partial charge in [-0.15, -0.1) is 11.3 Å². The molecule has 1 N–H and O–H groups in total. The highest BCUT2D eigenvalue weighted by Gasteiger charge is 2.29. The second-order valence-electron chi connectivity index (χ2n) is 7.29. The number of rotatable bonds is 6. The predicted molar refractivity (Wildman–Crippen MR) is 115 cm³/mol. The number of hydrogen-bond acceptors (Lipinski definition) is 4. The molecular formula is C22H27N3O3S. The van der Waals surface area contributed by atoms with E-state index < -0.39 is 0 Å². The monoisotopic (exact) mass is 413 g/mol. The minimum atomic E-state index is -0.222. The molecule has 7 heteroatoms. The average molecular weight is 414 g/mol. The van der Waals surface area contributed by atoms with Gasteiger partial charge in [0, 0.05) is 38.8 Å². The molecule has 0 saturated carbocycles. The lowest BCUT2D eigenvalue weighted by atomic mass is 9.96. The van der Waals surface area contributed by atoms with Gasteiger partial charge >= 0.3 is 0 Å². The number of nitrogens with zero attached hydrogens (tertiary/aromatic N) is 2. The van der Waals surface area contributed by atoms with E-state index in [9.17, 15) is 14.4 Å². The molecular weight excluding hydrogens is 386 g/mol. The van der Waals surface area contributed by atoms with E-state index in [-0.39, 0.29) is 23.6 Å². The van der Waals surface area contributed by atoms with Gasteiger partial charge in [0.1, 0.15) is 0 Å². The average Bonchev–Trinajstić information content (AvgIpc) is 3.26. The predicted octanol–water partition coefficient (Wildman–Crippen LogP) is 3.61. The van der Waals surface area contributed by atoms with E-state index in [1.54, 1.807) is 16.7 Å². The van der Waals surface area contributed by atoms with Crippen LogP contribution in [0, 0.1) is 5.92 Å². The molecule has 2 aromatic rings. The Kier molecular flexibility index (Phi) is 7.04. The van der Waals surface area contributed by atoms with Crippen LogP contribution in [-0.2, 0) is 16.1 Å². The number of amides is 3. The van der Waals surface area contributed by atoms with Crippen LogP contribution in [0.4, 0.5) is 5.69 Å². The van der Waals surface area contributed by atoms with Crippen molar-refractivity contribution in [3.63, 3.8) is 0 Å². The summed E-state index contributed by atoms with van der Waals surface area (Å²) >= 11 is 1.43.